The van der Waals surface area contributed by atoms with E-state index in [4.69, 9.17) is 4.74 Å². The highest BCUT2D eigenvalue weighted by Crippen LogP contribution is 2.42. The minimum atomic E-state index is -0.527. The molecule has 3 saturated heterocycles. The fourth-order valence-corrected chi connectivity index (χ4v) is 6.86. The highest BCUT2D eigenvalue weighted by atomic mass is 35.5. The minimum absolute atomic E-state index is 0. The van der Waals surface area contributed by atoms with Crippen molar-refractivity contribution in [3.8, 4) is 0 Å². The summed E-state index contributed by atoms with van der Waals surface area (Å²) in [5.74, 6) is 0.627. The number of ketones is 1. The van der Waals surface area contributed by atoms with Crippen LogP contribution in [0.5, 0.6) is 0 Å². The van der Waals surface area contributed by atoms with Crippen LogP contribution in [0.2, 0.25) is 0 Å². The molecule has 36 heavy (non-hydrogen) atoms. The number of rotatable bonds is 7. The second-order valence-corrected chi connectivity index (χ2v) is 11.3. The average Bonchev–Trinajstić information content (AvgIpc) is 3.12. The molecule has 3 aliphatic heterocycles. The van der Waals surface area contributed by atoms with Crippen LogP contribution in [0.4, 0.5) is 0 Å². The molecular weight excluding hydrogens is 472 g/mol. The van der Waals surface area contributed by atoms with E-state index in [-0.39, 0.29) is 30.3 Å². The molecule has 0 unspecified atom stereocenters. The quantitative estimate of drug-likeness (QED) is 0.324. The lowest BCUT2D eigenvalue weighted by molar-refractivity contribution is -0.939. The Morgan fingerprint density at radius 1 is 0.972 bits per heavy atom. The molecule has 4 aliphatic rings. The van der Waals surface area contributed by atoms with Crippen LogP contribution < -0.4 is 12.4 Å². The summed E-state index contributed by atoms with van der Waals surface area (Å²) in [6, 6.07) is 16.2. The van der Waals surface area contributed by atoms with E-state index >= 15 is 0 Å². The van der Waals surface area contributed by atoms with E-state index in [0.29, 0.717) is 18.9 Å². The Kier molecular flexibility index (Phi) is 8.52. The van der Waals surface area contributed by atoms with Gasteiger partial charge < -0.3 is 21.6 Å². The van der Waals surface area contributed by atoms with Crippen molar-refractivity contribution in [2.24, 2.45) is 5.92 Å². The molecule has 1 aromatic carbocycles. The molecule has 1 aromatic heterocycles. The molecule has 1 saturated carbocycles. The summed E-state index contributed by atoms with van der Waals surface area (Å²) >= 11 is 0. The molecule has 6 rings (SSSR count). The number of aromatic nitrogens is 1. The minimum Gasteiger partial charge on any atom is -1.00 e. The Bertz CT molecular complexity index is 1040. The largest absolute Gasteiger partial charge is 1.00 e. The maximum atomic E-state index is 13.9. The van der Waals surface area contributed by atoms with Gasteiger partial charge in [0.05, 0.1) is 24.9 Å². The van der Waals surface area contributed by atoms with Gasteiger partial charge >= 0.3 is 5.97 Å². The van der Waals surface area contributed by atoms with Gasteiger partial charge in [0, 0.05) is 30.1 Å². The lowest BCUT2D eigenvalue weighted by Gasteiger charge is -2.52. The Morgan fingerprint density at radius 2 is 1.67 bits per heavy atom. The van der Waals surface area contributed by atoms with Gasteiger partial charge in [-0.1, -0.05) is 62.1 Å². The Morgan fingerprint density at radius 3 is 2.33 bits per heavy atom. The van der Waals surface area contributed by atoms with Crippen LogP contribution in [0.25, 0.3) is 0 Å². The summed E-state index contributed by atoms with van der Waals surface area (Å²) in [6.45, 7) is 5.26. The zero-order valence-electron chi connectivity index (χ0n) is 21.5. The fraction of sp³-hybridized carbons (Fsp3) is 0.567. The molecule has 0 radical (unpaired) electrons. The molecular formula is C30H39ClN2O3. The van der Waals surface area contributed by atoms with Crippen molar-refractivity contribution in [2.75, 3.05) is 26.2 Å². The smallest absolute Gasteiger partial charge is 0.317 e. The van der Waals surface area contributed by atoms with Gasteiger partial charge in [-0.25, -0.2) is 0 Å². The van der Waals surface area contributed by atoms with Crippen LogP contribution in [0.3, 0.4) is 0 Å². The molecule has 2 aromatic rings. The molecule has 0 N–H and O–H groups in total. The Labute approximate surface area is 221 Å². The van der Waals surface area contributed by atoms with Gasteiger partial charge in [0.1, 0.15) is 13.1 Å². The normalized spacial score (nSPS) is 26.9. The Hall–Kier alpha value is -2.24. The van der Waals surface area contributed by atoms with Gasteiger partial charge in [-0.15, -0.1) is 0 Å². The van der Waals surface area contributed by atoms with Crippen LogP contribution in [-0.2, 0) is 26.2 Å². The summed E-state index contributed by atoms with van der Waals surface area (Å²) in [5.41, 5.74) is 2.37. The van der Waals surface area contributed by atoms with Gasteiger partial charge in [-0.3, -0.25) is 14.6 Å². The molecule has 1 atom stereocenters. The standard InChI is InChI=1S/C30H39N2O3.ClH/c1-23-10-9-13-26(31-23)20-27(33)21-32-18-14-24(15-19-32)28(22-32)35-29(34)30(16-7-2-3-8-17-30)25-11-5-4-6-12-25;/h4-6,9-13,24,28H,2-3,7-8,14-22H2,1H3;1H/q+1;/p-1/t24?,28-,32?;/m0./s1. The molecule has 6 heteroatoms. The number of quaternary nitrogens is 1. The number of nitrogens with zero attached hydrogens (tertiary/aromatic N) is 2. The second-order valence-electron chi connectivity index (χ2n) is 11.3. The van der Waals surface area contributed by atoms with Crippen molar-refractivity contribution in [1.82, 2.24) is 4.98 Å². The number of fused-ring (bicyclic) bond motifs is 3. The number of carbonyl (C=O) groups is 2. The molecule has 1 aliphatic carbocycles. The first kappa shape index (κ1) is 26.8. The van der Waals surface area contributed by atoms with Crippen molar-refractivity contribution < 1.29 is 31.2 Å². The number of hydrogen-bond acceptors (Lipinski definition) is 4. The summed E-state index contributed by atoms with van der Waals surface area (Å²) in [5, 5.41) is 0. The third-order valence-electron chi connectivity index (χ3n) is 8.81. The van der Waals surface area contributed by atoms with Gasteiger partial charge in [-0.05, 0) is 37.5 Å². The average molecular weight is 511 g/mol. The summed E-state index contributed by atoms with van der Waals surface area (Å²) < 4.78 is 7.20. The zero-order chi connectivity index (χ0) is 24.3. The first-order valence-corrected chi connectivity index (χ1v) is 13.5. The first-order chi connectivity index (χ1) is 17.0. The van der Waals surface area contributed by atoms with Crippen LogP contribution in [0.15, 0.2) is 48.5 Å². The van der Waals surface area contributed by atoms with Crippen molar-refractivity contribution in [1.29, 1.82) is 0 Å². The van der Waals surface area contributed by atoms with Gasteiger partial charge in [-0.2, -0.15) is 0 Å². The fourth-order valence-electron chi connectivity index (χ4n) is 6.86. The van der Waals surface area contributed by atoms with Crippen molar-refractivity contribution >= 4 is 11.8 Å². The summed E-state index contributed by atoms with van der Waals surface area (Å²) in [6.07, 6.45) is 8.62. The van der Waals surface area contributed by atoms with Crippen LogP contribution in [0.1, 0.15) is 68.3 Å². The number of benzene rings is 1. The second kappa shape index (κ2) is 11.4. The number of carbonyl (C=O) groups excluding carboxylic acids is 2. The predicted octanol–water partition coefficient (Wildman–Crippen LogP) is 1.95. The zero-order valence-corrected chi connectivity index (χ0v) is 22.2. The maximum Gasteiger partial charge on any atom is 0.317 e. The molecule has 0 amide bonds. The lowest BCUT2D eigenvalue weighted by Crippen LogP contribution is -3.00. The van der Waals surface area contributed by atoms with E-state index in [1.165, 1.54) is 12.8 Å². The van der Waals surface area contributed by atoms with Gasteiger partial charge in [0.25, 0.3) is 0 Å². The van der Waals surface area contributed by atoms with E-state index < -0.39 is 5.41 Å². The number of aryl methyl sites for hydroxylation is 1. The molecule has 194 valence electrons. The third-order valence-corrected chi connectivity index (χ3v) is 8.81. The van der Waals surface area contributed by atoms with Gasteiger partial charge in [0.15, 0.2) is 11.9 Å². The molecule has 4 heterocycles. The van der Waals surface area contributed by atoms with Gasteiger partial charge in [0.2, 0.25) is 0 Å². The molecule has 0 spiro atoms. The molecule has 5 nitrogen and oxygen atoms in total. The number of piperidine rings is 3. The van der Waals surface area contributed by atoms with Crippen LogP contribution in [-0.4, -0.2) is 53.5 Å². The van der Waals surface area contributed by atoms with E-state index in [9.17, 15) is 9.59 Å². The third kappa shape index (κ3) is 5.68. The predicted molar refractivity (Wildman–Crippen MR) is 136 cm³/mol. The van der Waals surface area contributed by atoms with Crippen molar-refractivity contribution in [3.63, 3.8) is 0 Å². The number of halogens is 1. The number of pyridine rings is 1. The van der Waals surface area contributed by atoms with E-state index in [2.05, 4.69) is 17.1 Å². The van der Waals surface area contributed by atoms with Crippen molar-refractivity contribution in [2.45, 2.75) is 76.2 Å². The first-order valence-electron chi connectivity index (χ1n) is 13.5. The number of Topliss-reactive ketones (excluding diaryl/α,β-unsaturated/α-hetero) is 1. The molecule has 2 bridgehead atoms. The topological polar surface area (TPSA) is 56.3 Å². The van der Waals surface area contributed by atoms with E-state index in [0.717, 1.165) is 79.6 Å². The Balaban J connectivity index is 0.00000304. The maximum absolute atomic E-state index is 13.9. The van der Waals surface area contributed by atoms with E-state index in [1.807, 2.05) is 43.3 Å². The number of hydrogen-bond donors (Lipinski definition) is 0. The van der Waals surface area contributed by atoms with Crippen LogP contribution in [0, 0.1) is 12.8 Å². The van der Waals surface area contributed by atoms with Crippen molar-refractivity contribution in [3.05, 3.63) is 65.5 Å². The molecule has 4 fully saturated rings. The van der Waals surface area contributed by atoms with E-state index in [1.54, 1.807) is 0 Å². The highest BCUT2D eigenvalue weighted by Gasteiger charge is 2.50. The number of ether oxygens (including phenoxy) is 1. The highest BCUT2D eigenvalue weighted by molar-refractivity contribution is 5.83. The van der Waals surface area contributed by atoms with Crippen LogP contribution >= 0.6 is 0 Å². The summed E-state index contributed by atoms with van der Waals surface area (Å²) in [4.78, 5) is 31.5. The summed E-state index contributed by atoms with van der Waals surface area (Å²) in [7, 11) is 0. The SMILES string of the molecule is Cc1cccc(CC(=O)C[N+]23CCC(CC2)[C@@H](OC(=O)C2(c4ccccc4)CCCCCC2)C3)n1.[Cl-]. The monoisotopic (exact) mass is 510 g/mol. The number of esters is 1. The lowest BCUT2D eigenvalue weighted by atomic mass is 9.74.